The van der Waals surface area contributed by atoms with Gasteiger partial charge in [0.15, 0.2) is 0 Å². The fraction of sp³-hybridized carbons (Fsp3) is 0.0714. The van der Waals surface area contributed by atoms with E-state index < -0.39 is 18.8 Å². The third kappa shape index (κ3) is 3.23. The first kappa shape index (κ1) is 14.2. The molecule has 0 heterocycles. The summed E-state index contributed by atoms with van der Waals surface area (Å²) in [6.45, 7) is 1.88. The minimum atomic E-state index is -1.77. The number of nitrogens with one attached hydrogen (secondary N) is 1. The van der Waals surface area contributed by atoms with Crippen molar-refractivity contribution in [3.63, 3.8) is 0 Å². The third-order valence-corrected chi connectivity index (χ3v) is 2.81. The van der Waals surface area contributed by atoms with Gasteiger partial charge >= 0.3 is 7.12 Å². The van der Waals surface area contributed by atoms with E-state index in [0.717, 1.165) is 11.6 Å². The maximum atomic E-state index is 13.8. The van der Waals surface area contributed by atoms with Gasteiger partial charge in [-0.1, -0.05) is 18.2 Å². The van der Waals surface area contributed by atoms with Crippen molar-refractivity contribution in [2.75, 3.05) is 5.32 Å². The van der Waals surface area contributed by atoms with Gasteiger partial charge in [-0.15, -0.1) is 0 Å². The Morgan fingerprint density at radius 2 is 1.95 bits per heavy atom. The van der Waals surface area contributed by atoms with Crippen molar-refractivity contribution in [3.8, 4) is 0 Å². The van der Waals surface area contributed by atoms with Crippen LogP contribution >= 0.6 is 0 Å². The van der Waals surface area contributed by atoms with Crippen LogP contribution in [0.4, 0.5) is 10.1 Å². The molecular weight excluding hydrogens is 260 g/mol. The molecule has 0 saturated carbocycles. The van der Waals surface area contributed by atoms with Crippen molar-refractivity contribution in [1.82, 2.24) is 0 Å². The summed E-state index contributed by atoms with van der Waals surface area (Å²) in [7, 11) is -1.77. The van der Waals surface area contributed by atoms with Crippen LogP contribution in [-0.4, -0.2) is 23.1 Å². The molecule has 0 saturated heterocycles. The summed E-state index contributed by atoms with van der Waals surface area (Å²) < 4.78 is 13.8. The molecule has 0 aromatic heterocycles. The van der Waals surface area contributed by atoms with Gasteiger partial charge < -0.3 is 15.4 Å². The molecule has 0 fully saturated rings. The van der Waals surface area contributed by atoms with E-state index in [1.165, 1.54) is 12.1 Å². The van der Waals surface area contributed by atoms with Crippen LogP contribution in [0.25, 0.3) is 0 Å². The Morgan fingerprint density at radius 1 is 1.20 bits per heavy atom. The summed E-state index contributed by atoms with van der Waals surface area (Å²) in [6, 6.07) is 10.6. The molecule has 0 aliphatic heterocycles. The number of amides is 1. The molecule has 0 aliphatic carbocycles. The van der Waals surface area contributed by atoms with Crippen molar-refractivity contribution >= 4 is 24.2 Å². The van der Waals surface area contributed by atoms with Gasteiger partial charge in [0.05, 0.1) is 5.56 Å². The number of rotatable bonds is 3. The Labute approximate surface area is 116 Å². The number of hydrogen-bond acceptors (Lipinski definition) is 3. The maximum absolute atomic E-state index is 13.8. The van der Waals surface area contributed by atoms with Crippen molar-refractivity contribution in [2.24, 2.45) is 0 Å². The summed E-state index contributed by atoms with van der Waals surface area (Å²) in [4.78, 5) is 12.0. The smallest absolute Gasteiger partial charge is 0.423 e. The zero-order chi connectivity index (χ0) is 14.7. The van der Waals surface area contributed by atoms with E-state index >= 15 is 0 Å². The summed E-state index contributed by atoms with van der Waals surface area (Å²) >= 11 is 0. The van der Waals surface area contributed by atoms with Gasteiger partial charge in [-0.25, -0.2) is 4.39 Å². The first-order valence-electron chi connectivity index (χ1n) is 6.01. The fourth-order valence-corrected chi connectivity index (χ4v) is 1.80. The molecule has 0 aliphatic rings. The van der Waals surface area contributed by atoms with E-state index in [-0.39, 0.29) is 11.0 Å². The predicted octanol–water partition coefficient (Wildman–Crippen LogP) is 1.07. The molecule has 0 unspecified atom stereocenters. The zero-order valence-corrected chi connectivity index (χ0v) is 10.8. The molecule has 0 spiro atoms. The lowest BCUT2D eigenvalue weighted by atomic mass is 9.80. The lowest BCUT2D eigenvalue weighted by Crippen LogP contribution is -2.30. The number of carbonyl (C=O) groups is 1. The van der Waals surface area contributed by atoms with Crippen molar-refractivity contribution in [2.45, 2.75) is 6.92 Å². The van der Waals surface area contributed by atoms with Crippen LogP contribution in [0.3, 0.4) is 0 Å². The van der Waals surface area contributed by atoms with Crippen LogP contribution in [0.2, 0.25) is 0 Å². The Hall–Kier alpha value is -2.18. The number of carbonyl (C=O) groups excluding carboxylic acids is 1. The second kappa shape index (κ2) is 5.86. The van der Waals surface area contributed by atoms with Crippen molar-refractivity contribution in [3.05, 3.63) is 59.4 Å². The van der Waals surface area contributed by atoms with Crippen LogP contribution in [0.15, 0.2) is 42.5 Å². The largest absolute Gasteiger partial charge is 0.488 e. The highest BCUT2D eigenvalue weighted by Crippen LogP contribution is 2.13. The average molecular weight is 273 g/mol. The highest BCUT2D eigenvalue weighted by atomic mass is 19.1. The highest BCUT2D eigenvalue weighted by molar-refractivity contribution is 6.58. The predicted molar refractivity (Wildman–Crippen MR) is 75.4 cm³/mol. The Bertz CT molecular complexity index is 646. The van der Waals surface area contributed by atoms with Gasteiger partial charge in [-0.2, -0.15) is 0 Å². The Balaban J connectivity index is 2.21. The van der Waals surface area contributed by atoms with Gasteiger partial charge in [-0.3, -0.25) is 4.79 Å². The van der Waals surface area contributed by atoms with E-state index in [9.17, 15) is 9.18 Å². The number of halogens is 1. The van der Waals surface area contributed by atoms with Gasteiger partial charge in [0.25, 0.3) is 5.91 Å². The molecule has 3 N–H and O–H groups in total. The summed E-state index contributed by atoms with van der Waals surface area (Å²) in [5, 5.41) is 20.4. The zero-order valence-electron chi connectivity index (χ0n) is 10.8. The molecule has 0 bridgehead atoms. The van der Waals surface area contributed by atoms with Crippen LogP contribution in [0.1, 0.15) is 15.9 Å². The minimum absolute atomic E-state index is 0.00499. The molecule has 2 aromatic rings. The van der Waals surface area contributed by atoms with E-state index in [0.29, 0.717) is 5.69 Å². The standard InChI is InChI=1S/C14H13BFNO3/c1-9-3-2-4-11(7-9)17-14(18)12-6-5-10(15(19)20)8-13(12)16/h2-8,19-20H,1H3,(H,17,18). The summed E-state index contributed by atoms with van der Waals surface area (Å²) in [5.74, 6) is -1.40. The molecule has 2 aromatic carbocycles. The molecule has 2 rings (SSSR count). The Kier molecular flexibility index (Phi) is 4.17. The van der Waals surface area contributed by atoms with Gasteiger partial charge in [0.1, 0.15) is 5.82 Å². The van der Waals surface area contributed by atoms with E-state index in [1.54, 1.807) is 18.2 Å². The topological polar surface area (TPSA) is 69.6 Å². The first-order chi connectivity index (χ1) is 9.47. The molecule has 0 atom stereocenters. The van der Waals surface area contributed by atoms with E-state index in [1.807, 2.05) is 13.0 Å². The van der Waals surface area contributed by atoms with Crippen molar-refractivity contribution < 1.29 is 19.2 Å². The molecule has 0 radical (unpaired) electrons. The number of hydrogen-bond donors (Lipinski definition) is 3. The average Bonchev–Trinajstić information content (AvgIpc) is 2.38. The van der Waals surface area contributed by atoms with Crippen molar-refractivity contribution in [1.29, 1.82) is 0 Å². The molecule has 6 heteroatoms. The summed E-state index contributed by atoms with van der Waals surface area (Å²) in [5.41, 5.74) is 1.38. The molecule has 4 nitrogen and oxygen atoms in total. The second-order valence-corrected chi connectivity index (χ2v) is 4.44. The van der Waals surface area contributed by atoms with Crippen LogP contribution in [0, 0.1) is 12.7 Å². The quantitative estimate of drug-likeness (QED) is 0.732. The maximum Gasteiger partial charge on any atom is 0.488 e. The van der Waals surface area contributed by atoms with Crippen LogP contribution in [-0.2, 0) is 0 Å². The van der Waals surface area contributed by atoms with E-state index in [2.05, 4.69) is 5.32 Å². The summed E-state index contributed by atoms with van der Waals surface area (Å²) in [6.07, 6.45) is 0. The third-order valence-electron chi connectivity index (χ3n) is 2.81. The fourth-order valence-electron chi connectivity index (χ4n) is 1.80. The molecule has 1 amide bonds. The van der Waals surface area contributed by atoms with Gasteiger partial charge in [0, 0.05) is 5.69 Å². The number of anilines is 1. The molecule has 20 heavy (non-hydrogen) atoms. The SMILES string of the molecule is Cc1cccc(NC(=O)c2ccc(B(O)O)cc2F)c1. The minimum Gasteiger partial charge on any atom is -0.423 e. The lowest BCUT2D eigenvalue weighted by molar-refractivity contribution is 0.102. The monoisotopic (exact) mass is 273 g/mol. The number of aryl methyl sites for hydroxylation is 1. The molecule has 102 valence electrons. The van der Waals surface area contributed by atoms with Crippen LogP contribution in [0.5, 0.6) is 0 Å². The normalized spacial score (nSPS) is 10.2. The molecular formula is C14H13BFNO3. The lowest BCUT2D eigenvalue weighted by Gasteiger charge is -2.08. The van der Waals surface area contributed by atoms with E-state index in [4.69, 9.17) is 10.0 Å². The number of benzene rings is 2. The highest BCUT2D eigenvalue weighted by Gasteiger charge is 2.17. The van der Waals surface area contributed by atoms with Crippen LogP contribution < -0.4 is 10.8 Å². The van der Waals surface area contributed by atoms with Gasteiger partial charge in [-0.05, 0) is 42.2 Å². The second-order valence-electron chi connectivity index (χ2n) is 4.44. The Morgan fingerprint density at radius 3 is 2.55 bits per heavy atom. The first-order valence-corrected chi connectivity index (χ1v) is 6.01. The van der Waals surface area contributed by atoms with Gasteiger partial charge in [0.2, 0.25) is 0 Å².